The molecule has 0 bridgehead atoms. The predicted molar refractivity (Wildman–Crippen MR) is 52.7 cm³/mol. The van der Waals surface area contributed by atoms with E-state index >= 15 is 0 Å². The molecule has 0 heterocycles. The van der Waals surface area contributed by atoms with Crippen molar-refractivity contribution in [2.45, 2.75) is 27.7 Å². The van der Waals surface area contributed by atoms with Crippen LogP contribution in [0.2, 0.25) is 0 Å². The average molecular weight is 184 g/mol. The highest BCUT2D eigenvalue weighted by Crippen LogP contribution is 2.04. The lowest BCUT2D eigenvalue weighted by molar-refractivity contribution is 0.153. The molecule has 0 rings (SSSR count). The Morgan fingerprint density at radius 1 is 1.23 bits per heavy atom. The first-order valence-corrected chi connectivity index (χ1v) is 4.06. The minimum Gasteiger partial charge on any atom is -0.323 e. The molecule has 4 heteroatoms. The fourth-order valence-electron chi connectivity index (χ4n) is 0.586. The van der Waals surface area contributed by atoms with Gasteiger partial charge in [-0.2, -0.15) is 0 Å². The van der Waals surface area contributed by atoms with Crippen molar-refractivity contribution in [3.05, 3.63) is 11.1 Å². The quantitative estimate of drug-likeness (QED) is 0.406. The lowest BCUT2D eigenvalue weighted by Crippen LogP contribution is -2.17. The van der Waals surface area contributed by atoms with Gasteiger partial charge in [0.15, 0.2) is 0 Å². The highest BCUT2D eigenvalue weighted by molar-refractivity contribution is 5.98. The number of nitrogens with one attached hydrogen (secondary N) is 1. The molecule has 0 aliphatic rings. The molecule has 0 radical (unpaired) electrons. The van der Waals surface area contributed by atoms with Gasteiger partial charge in [-0.05, 0) is 33.3 Å². The minimum absolute atomic E-state index is 0.555. The van der Waals surface area contributed by atoms with Gasteiger partial charge in [-0.1, -0.05) is 10.7 Å². The molecule has 0 fully saturated rings. The molecular formula is C9H16N2O2. The molecule has 1 amide bonds. The van der Waals surface area contributed by atoms with E-state index < -0.39 is 6.09 Å². The largest absolute Gasteiger partial charge is 0.433 e. The Morgan fingerprint density at radius 2 is 1.77 bits per heavy atom. The molecular weight excluding hydrogens is 168 g/mol. The third-order valence-electron chi connectivity index (χ3n) is 1.76. The highest BCUT2D eigenvalue weighted by Gasteiger charge is 2.00. The number of oxime groups is 1. The first kappa shape index (κ1) is 11.7. The van der Waals surface area contributed by atoms with Gasteiger partial charge in [-0.25, -0.2) is 4.79 Å². The van der Waals surface area contributed by atoms with Gasteiger partial charge in [0.25, 0.3) is 0 Å². The van der Waals surface area contributed by atoms with Crippen molar-refractivity contribution in [1.29, 1.82) is 0 Å². The van der Waals surface area contributed by atoms with Crippen LogP contribution in [0.4, 0.5) is 4.79 Å². The van der Waals surface area contributed by atoms with Crippen LogP contribution in [-0.4, -0.2) is 18.9 Å². The van der Waals surface area contributed by atoms with Gasteiger partial charge >= 0.3 is 6.09 Å². The van der Waals surface area contributed by atoms with Gasteiger partial charge in [0.2, 0.25) is 0 Å². The molecule has 4 nitrogen and oxygen atoms in total. The standard InChI is InChI=1S/C9H16N2O2/c1-6(2)7(3)8(4)11-13-9(12)10-5/h1-5H3,(H,10,12)/b11-8+. The number of allylic oxidation sites excluding steroid dienone is 2. The van der Waals surface area contributed by atoms with E-state index in [0.717, 1.165) is 11.1 Å². The summed E-state index contributed by atoms with van der Waals surface area (Å²) in [5.74, 6) is 0. The number of amides is 1. The van der Waals surface area contributed by atoms with Crippen LogP contribution in [0, 0.1) is 0 Å². The summed E-state index contributed by atoms with van der Waals surface area (Å²) in [7, 11) is 1.49. The fraction of sp³-hybridized carbons (Fsp3) is 0.556. The summed E-state index contributed by atoms with van der Waals surface area (Å²) in [5, 5.41) is 5.97. The van der Waals surface area contributed by atoms with E-state index in [4.69, 9.17) is 0 Å². The van der Waals surface area contributed by atoms with Crippen LogP contribution in [0.5, 0.6) is 0 Å². The fourth-order valence-corrected chi connectivity index (χ4v) is 0.586. The Kier molecular flexibility index (Phi) is 4.80. The summed E-state index contributed by atoms with van der Waals surface area (Å²) < 4.78 is 0. The summed E-state index contributed by atoms with van der Waals surface area (Å²) in [4.78, 5) is 15.2. The summed E-state index contributed by atoms with van der Waals surface area (Å²) >= 11 is 0. The summed E-state index contributed by atoms with van der Waals surface area (Å²) in [6.07, 6.45) is -0.555. The van der Waals surface area contributed by atoms with Gasteiger partial charge in [0, 0.05) is 7.05 Å². The molecule has 0 aliphatic heterocycles. The van der Waals surface area contributed by atoms with Crippen LogP contribution in [0.3, 0.4) is 0 Å². The van der Waals surface area contributed by atoms with E-state index in [-0.39, 0.29) is 0 Å². The van der Waals surface area contributed by atoms with E-state index in [0.29, 0.717) is 5.71 Å². The van der Waals surface area contributed by atoms with Gasteiger partial charge in [0.1, 0.15) is 0 Å². The topological polar surface area (TPSA) is 50.7 Å². The van der Waals surface area contributed by atoms with Crippen molar-refractivity contribution in [3.8, 4) is 0 Å². The number of carbonyl (C=O) groups excluding carboxylic acids is 1. The van der Waals surface area contributed by atoms with E-state index in [1.54, 1.807) is 6.92 Å². The van der Waals surface area contributed by atoms with E-state index in [2.05, 4.69) is 15.3 Å². The molecule has 0 unspecified atom stereocenters. The van der Waals surface area contributed by atoms with Crippen LogP contribution in [0.1, 0.15) is 27.7 Å². The molecule has 0 spiro atoms. The molecule has 0 aromatic carbocycles. The normalized spacial score (nSPS) is 10.7. The molecule has 0 aromatic rings. The lowest BCUT2D eigenvalue weighted by atomic mass is 10.1. The number of rotatable bonds is 2. The molecule has 0 aliphatic carbocycles. The van der Waals surface area contributed by atoms with E-state index in [9.17, 15) is 4.79 Å². The van der Waals surface area contributed by atoms with Crippen molar-refractivity contribution < 1.29 is 9.63 Å². The van der Waals surface area contributed by atoms with Crippen molar-refractivity contribution in [3.63, 3.8) is 0 Å². The van der Waals surface area contributed by atoms with Gasteiger partial charge < -0.3 is 5.32 Å². The summed E-state index contributed by atoms with van der Waals surface area (Å²) in [6, 6.07) is 0. The zero-order chi connectivity index (χ0) is 10.4. The van der Waals surface area contributed by atoms with Crippen molar-refractivity contribution in [1.82, 2.24) is 5.32 Å². The molecule has 13 heavy (non-hydrogen) atoms. The SMILES string of the molecule is CNC(=O)O/N=C(\C)C(C)=C(C)C. The van der Waals surface area contributed by atoms with Crippen LogP contribution < -0.4 is 5.32 Å². The third-order valence-corrected chi connectivity index (χ3v) is 1.76. The Labute approximate surface area is 78.6 Å². The smallest absolute Gasteiger partial charge is 0.323 e. The Hall–Kier alpha value is -1.32. The maximum Gasteiger partial charge on any atom is 0.433 e. The highest BCUT2D eigenvalue weighted by atomic mass is 16.7. The molecule has 0 saturated carbocycles. The summed E-state index contributed by atoms with van der Waals surface area (Å²) in [6.45, 7) is 7.69. The zero-order valence-electron chi connectivity index (χ0n) is 8.76. The maximum absolute atomic E-state index is 10.7. The Balaban J connectivity index is 4.35. The van der Waals surface area contributed by atoms with Gasteiger partial charge in [-0.3, -0.25) is 4.84 Å². The third kappa shape index (κ3) is 4.30. The second-order valence-corrected chi connectivity index (χ2v) is 2.93. The van der Waals surface area contributed by atoms with Crippen LogP contribution in [-0.2, 0) is 4.84 Å². The predicted octanol–water partition coefficient (Wildman–Crippen LogP) is 2.07. The second kappa shape index (κ2) is 5.35. The van der Waals surface area contributed by atoms with Crippen molar-refractivity contribution in [2.24, 2.45) is 5.16 Å². The van der Waals surface area contributed by atoms with Crippen molar-refractivity contribution >= 4 is 11.8 Å². The van der Waals surface area contributed by atoms with Crippen molar-refractivity contribution in [2.75, 3.05) is 7.05 Å². The van der Waals surface area contributed by atoms with Gasteiger partial charge in [0.05, 0.1) is 5.71 Å². The van der Waals surface area contributed by atoms with Crippen LogP contribution in [0.25, 0.3) is 0 Å². The maximum atomic E-state index is 10.7. The molecule has 0 saturated heterocycles. The van der Waals surface area contributed by atoms with E-state index in [1.807, 2.05) is 20.8 Å². The molecule has 1 N–H and O–H groups in total. The first-order chi connectivity index (χ1) is 5.99. The number of nitrogens with zero attached hydrogens (tertiary/aromatic N) is 1. The number of hydrogen-bond donors (Lipinski definition) is 1. The summed E-state index contributed by atoms with van der Waals surface area (Å²) in [5.41, 5.74) is 2.90. The Morgan fingerprint density at radius 3 is 2.15 bits per heavy atom. The molecule has 74 valence electrons. The lowest BCUT2D eigenvalue weighted by Gasteiger charge is -2.02. The number of carbonyl (C=O) groups is 1. The van der Waals surface area contributed by atoms with E-state index in [1.165, 1.54) is 7.05 Å². The van der Waals surface area contributed by atoms with Gasteiger partial charge in [-0.15, -0.1) is 0 Å². The first-order valence-electron chi connectivity index (χ1n) is 4.06. The zero-order valence-corrected chi connectivity index (χ0v) is 8.76. The molecule has 0 aromatic heterocycles. The number of hydrogen-bond acceptors (Lipinski definition) is 3. The Bertz CT molecular complexity index is 250. The average Bonchev–Trinajstić information content (AvgIpc) is 2.11. The molecule has 0 atom stereocenters. The second-order valence-electron chi connectivity index (χ2n) is 2.93. The van der Waals surface area contributed by atoms with Crippen LogP contribution >= 0.6 is 0 Å². The minimum atomic E-state index is -0.555. The monoisotopic (exact) mass is 184 g/mol. The van der Waals surface area contributed by atoms with Crippen LogP contribution in [0.15, 0.2) is 16.3 Å².